The van der Waals surface area contributed by atoms with Crippen LogP contribution in [0.25, 0.3) is 0 Å². The van der Waals surface area contributed by atoms with E-state index in [1.807, 2.05) is 0 Å². The number of sulfonamides is 1. The van der Waals surface area contributed by atoms with Crippen LogP contribution in [0.2, 0.25) is 0 Å². The van der Waals surface area contributed by atoms with Gasteiger partial charge in [-0.05, 0) is 43.5 Å². The molecule has 0 N–H and O–H groups in total. The Labute approximate surface area is 159 Å². The molecule has 1 aliphatic carbocycles. The van der Waals surface area contributed by atoms with E-state index in [1.54, 1.807) is 17.0 Å². The summed E-state index contributed by atoms with van der Waals surface area (Å²) in [5.41, 5.74) is -0.360. The second kappa shape index (κ2) is 6.91. The number of esters is 1. The highest BCUT2D eigenvalue weighted by Gasteiger charge is 2.53. The Bertz CT molecular complexity index is 843. The van der Waals surface area contributed by atoms with Crippen molar-refractivity contribution in [2.24, 2.45) is 0 Å². The molecule has 1 amide bonds. The lowest BCUT2D eigenvalue weighted by Crippen LogP contribution is -2.62. The highest BCUT2D eigenvalue weighted by molar-refractivity contribution is 7.89. The maximum Gasteiger partial charge on any atom is 0.327 e. The molecule has 146 valence electrons. The molecule has 0 aromatic heterocycles. The van der Waals surface area contributed by atoms with Gasteiger partial charge in [0.1, 0.15) is 12.1 Å². The van der Waals surface area contributed by atoms with Crippen molar-refractivity contribution in [3.8, 4) is 0 Å². The van der Waals surface area contributed by atoms with E-state index in [9.17, 15) is 18.0 Å². The third-order valence-electron chi connectivity index (χ3n) is 5.88. The van der Waals surface area contributed by atoms with E-state index in [0.717, 1.165) is 25.7 Å². The quantitative estimate of drug-likeness (QED) is 0.735. The molecule has 2 saturated heterocycles. The predicted octanol–water partition coefficient (Wildman–Crippen LogP) is 2.06. The van der Waals surface area contributed by atoms with Crippen molar-refractivity contribution >= 4 is 27.6 Å². The van der Waals surface area contributed by atoms with Crippen molar-refractivity contribution in [3.05, 3.63) is 24.3 Å². The fourth-order valence-electron chi connectivity index (χ4n) is 4.46. The van der Waals surface area contributed by atoms with Crippen LogP contribution in [0.15, 0.2) is 29.2 Å². The van der Waals surface area contributed by atoms with Gasteiger partial charge in [-0.2, -0.15) is 4.31 Å². The molecular formula is C19H24N2O5S. The zero-order valence-corrected chi connectivity index (χ0v) is 16.0. The highest BCUT2D eigenvalue weighted by atomic mass is 32.2. The van der Waals surface area contributed by atoms with Crippen LogP contribution in [0, 0.1) is 0 Å². The zero-order chi connectivity index (χ0) is 19.1. The van der Waals surface area contributed by atoms with Gasteiger partial charge in [0.2, 0.25) is 15.9 Å². The average molecular weight is 392 g/mol. The first-order chi connectivity index (χ1) is 12.9. The average Bonchev–Trinajstić information content (AvgIpc) is 3.11. The molecule has 0 atom stereocenters. The molecular weight excluding hydrogens is 368 g/mol. The van der Waals surface area contributed by atoms with Crippen molar-refractivity contribution < 1.29 is 22.7 Å². The van der Waals surface area contributed by atoms with Crippen LogP contribution in [-0.4, -0.2) is 49.8 Å². The molecule has 2 heterocycles. The summed E-state index contributed by atoms with van der Waals surface area (Å²) in [6.45, 7) is 0.923. The largest absolute Gasteiger partial charge is 0.463 e. The summed E-state index contributed by atoms with van der Waals surface area (Å²) in [5.74, 6) is -0.359. The van der Waals surface area contributed by atoms with Crippen LogP contribution in [0.1, 0.15) is 44.9 Å². The van der Waals surface area contributed by atoms with Gasteiger partial charge in [-0.3, -0.25) is 9.59 Å². The summed E-state index contributed by atoms with van der Waals surface area (Å²) in [7, 11) is -3.83. The third-order valence-corrected chi connectivity index (χ3v) is 7.86. The molecule has 27 heavy (non-hydrogen) atoms. The minimum Gasteiger partial charge on any atom is -0.463 e. The molecule has 1 spiro atoms. The smallest absolute Gasteiger partial charge is 0.327 e. The van der Waals surface area contributed by atoms with Crippen molar-refractivity contribution in [2.45, 2.75) is 55.4 Å². The van der Waals surface area contributed by atoms with Crippen LogP contribution in [-0.2, 0) is 24.3 Å². The lowest BCUT2D eigenvalue weighted by atomic mass is 9.81. The van der Waals surface area contributed by atoms with Crippen LogP contribution >= 0.6 is 0 Å². The third kappa shape index (κ3) is 3.04. The number of rotatable bonds is 3. The fraction of sp³-hybridized carbons (Fsp3) is 0.579. The first-order valence-electron chi connectivity index (χ1n) is 9.56. The Morgan fingerprint density at radius 1 is 0.926 bits per heavy atom. The first kappa shape index (κ1) is 18.4. The minimum absolute atomic E-state index is 0.0607. The molecule has 1 aromatic rings. The van der Waals surface area contributed by atoms with Gasteiger partial charge in [0.05, 0.1) is 4.90 Å². The van der Waals surface area contributed by atoms with E-state index in [-0.39, 0.29) is 24.0 Å². The van der Waals surface area contributed by atoms with Gasteiger partial charge in [0, 0.05) is 25.2 Å². The summed E-state index contributed by atoms with van der Waals surface area (Å²) in [5, 5.41) is 0. The van der Waals surface area contributed by atoms with Crippen molar-refractivity contribution in [3.63, 3.8) is 0 Å². The van der Waals surface area contributed by atoms with Gasteiger partial charge in [-0.25, -0.2) is 8.42 Å². The first-order valence-corrected chi connectivity index (χ1v) is 11.0. The second-order valence-electron chi connectivity index (χ2n) is 7.45. The molecule has 3 aliphatic rings. The van der Waals surface area contributed by atoms with Gasteiger partial charge in [0.25, 0.3) is 0 Å². The van der Waals surface area contributed by atoms with Crippen LogP contribution in [0.4, 0.5) is 5.69 Å². The Hall–Kier alpha value is -1.93. The van der Waals surface area contributed by atoms with E-state index in [4.69, 9.17) is 4.74 Å². The van der Waals surface area contributed by atoms with E-state index in [2.05, 4.69) is 0 Å². The maximum absolute atomic E-state index is 13.3. The van der Waals surface area contributed by atoms with Gasteiger partial charge < -0.3 is 9.64 Å². The lowest BCUT2D eigenvalue weighted by molar-refractivity contribution is -0.165. The number of benzene rings is 1. The standard InChI is InChI=1S/C19H24N2O5S/c22-17-5-4-12-20(17)15-6-8-16(9-7-15)27(24,25)21-13-14-26-18(23)19(21)10-2-1-3-11-19/h6-9H,1-5,10-14H2. The molecule has 7 nitrogen and oxygen atoms in total. The number of morpholine rings is 1. The number of hydrogen-bond acceptors (Lipinski definition) is 5. The number of anilines is 1. The van der Waals surface area contributed by atoms with Crippen LogP contribution < -0.4 is 4.90 Å². The van der Waals surface area contributed by atoms with E-state index in [1.165, 1.54) is 16.4 Å². The van der Waals surface area contributed by atoms with Gasteiger partial charge in [-0.15, -0.1) is 0 Å². The fourth-order valence-corrected chi connectivity index (χ4v) is 6.22. The van der Waals surface area contributed by atoms with Crippen molar-refractivity contribution in [1.29, 1.82) is 0 Å². The van der Waals surface area contributed by atoms with Gasteiger partial charge in [0.15, 0.2) is 0 Å². The number of carbonyl (C=O) groups excluding carboxylic acids is 2. The Kier molecular flexibility index (Phi) is 4.71. The number of nitrogens with zero attached hydrogens (tertiary/aromatic N) is 2. The topological polar surface area (TPSA) is 84.0 Å². The van der Waals surface area contributed by atoms with E-state index < -0.39 is 21.5 Å². The van der Waals surface area contributed by atoms with Crippen molar-refractivity contribution in [1.82, 2.24) is 4.31 Å². The molecule has 0 radical (unpaired) electrons. The number of hydrogen-bond donors (Lipinski definition) is 0. The molecule has 1 saturated carbocycles. The van der Waals surface area contributed by atoms with Gasteiger partial charge >= 0.3 is 5.97 Å². The minimum atomic E-state index is -3.83. The van der Waals surface area contributed by atoms with Crippen molar-refractivity contribution in [2.75, 3.05) is 24.6 Å². The summed E-state index contributed by atoms with van der Waals surface area (Å²) in [6, 6.07) is 6.41. The number of ether oxygens (including phenoxy) is 1. The zero-order valence-electron chi connectivity index (χ0n) is 15.2. The highest BCUT2D eigenvalue weighted by Crippen LogP contribution is 2.40. The number of amides is 1. The molecule has 4 rings (SSSR count). The maximum atomic E-state index is 13.3. The molecule has 0 bridgehead atoms. The Balaban J connectivity index is 1.65. The van der Waals surface area contributed by atoms with E-state index in [0.29, 0.717) is 31.5 Å². The summed E-state index contributed by atoms with van der Waals surface area (Å²) < 4.78 is 33.3. The van der Waals surface area contributed by atoms with Crippen LogP contribution in [0.5, 0.6) is 0 Å². The predicted molar refractivity (Wildman–Crippen MR) is 98.7 cm³/mol. The normalized spacial score (nSPS) is 23.6. The Morgan fingerprint density at radius 2 is 1.63 bits per heavy atom. The molecule has 3 fully saturated rings. The summed E-state index contributed by atoms with van der Waals surface area (Å²) in [4.78, 5) is 26.3. The molecule has 8 heteroatoms. The molecule has 2 aliphatic heterocycles. The second-order valence-corrected chi connectivity index (χ2v) is 9.31. The SMILES string of the molecule is O=C1CCCN1c1ccc(S(=O)(=O)N2CCOC(=O)C23CCCCC3)cc1. The Morgan fingerprint density at radius 3 is 2.26 bits per heavy atom. The number of carbonyl (C=O) groups is 2. The number of cyclic esters (lactones) is 1. The molecule has 1 aromatic carbocycles. The van der Waals surface area contributed by atoms with E-state index >= 15 is 0 Å². The summed E-state index contributed by atoms with van der Waals surface area (Å²) >= 11 is 0. The molecule has 0 unspecified atom stereocenters. The summed E-state index contributed by atoms with van der Waals surface area (Å²) in [6.07, 6.45) is 4.99. The van der Waals surface area contributed by atoms with Crippen LogP contribution in [0.3, 0.4) is 0 Å². The lowest BCUT2D eigenvalue weighted by Gasteiger charge is -2.45. The van der Waals surface area contributed by atoms with Gasteiger partial charge in [-0.1, -0.05) is 19.3 Å². The monoisotopic (exact) mass is 392 g/mol.